The fourth-order valence-electron chi connectivity index (χ4n) is 6.05. The molecular weight excluding hydrogens is 468 g/mol. The number of nitrogens with zero attached hydrogens (tertiary/aromatic N) is 4. The molecule has 0 unspecified atom stereocenters. The predicted octanol–water partition coefficient (Wildman–Crippen LogP) is 5.39. The molecule has 0 bridgehead atoms. The number of H-pyrrole nitrogens is 1. The summed E-state index contributed by atoms with van der Waals surface area (Å²) >= 11 is 1.97. The SMILES string of the molecule is Cc1cc(-c2[nH]c3cc(C4CCC5(CC4)CN(C(=O)CN(C)C)C5)sc3c2C(C)C)cnc1N=CN. The summed E-state index contributed by atoms with van der Waals surface area (Å²) in [5, 5.41) is 0. The van der Waals surface area contributed by atoms with Gasteiger partial charge in [-0.05, 0) is 81.8 Å². The minimum Gasteiger partial charge on any atom is -0.390 e. The zero-order valence-corrected chi connectivity index (χ0v) is 22.9. The Kier molecular flexibility index (Phi) is 6.68. The lowest BCUT2D eigenvalue weighted by atomic mass is 9.65. The monoisotopic (exact) mass is 506 g/mol. The van der Waals surface area contributed by atoms with Crippen LogP contribution < -0.4 is 5.73 Å². The van der Waals surface area contributed by atoms with E-state index < -0.39 is 0 Å². The van der Waals surface area contributed by atoms with Crippen LogP contribution in [-0.4, -0.2) is 65.7 Å². The number of hydrogen-bond donors (Lipinski definition) is 2. The zero-order valence-electron chi connectivity index (χ0n) is 22.1. The standard InChI is InChI=1S/C28H38N6OS/c1-17(2)24-25(20-10-18(3)27(30-12-20)31-16-29)32-21-11-22(36-26(21)24)19-6-8-28(9-7-19)14-34(15-28)23(35)13-33(4)5/h10-12,16-17,19,32H,6-9,13-15H2,1-5H3,(H2,29,30,31). The number of aliphatic imine (C=N–C) groups is 1. The van der Waals surface area contributed by atoms with Crippen LogP contribution in [0.5, 0.6) is 0 Å². The van der Waals surface area contributed by atoms with Gasteiger partial charge in [0.1, 0.15) is 0 Å². The number of amides is 1. The number of aromatic amines is 1. The number of carbonyl (C=O) groups excluding carboxylic acids is 1. The van der Waals surface area contributed by atoms with Gasteiger partial charge in [0.2, 0.25) is 5.91 Å². The Morgan fingerprint density at radius 3 is 2.67 bits per heavy atom. The number of nitrogens with one attached hydrogen (secondary N) is 1. The van der Waals surface area contributed by atoms with Gasteiger partial charge in [-0.15, -0.1) is 11.3 Å². The molecule has 1 spiro atoms. The van der Waals surface area contributed by atoms with Crippen LogP contribution in [0.4, 0.5) is 5.82 Å². The van der Waals surface area contributed by atoms with E-state index in [-0.39, 0.29) is 5.91 Å². The average molecular weight is 507 g/mol. The maximum absolute atomic E-state index is 12.4. The number of rotatable bonds is 6. The summed E-state index contributed by atoms with van der Waals surface area (Å²) in [6.07, 6.45) is 8.06. The van der Waals surface area contributed by atoms with Gasteiger partial charge in [0.05, 0.1) is 28.8 Å². The molecule has 3 N–H and O–H groups in total. The first kappa shape index (κ1) is 25.0. The van der Waals surface area contributed by atoms with Crippen LogP contribution in [0.2, 0.25) is 0 Å². The predicted molar refractivity (Wildman–Crippen MR) is 149 cm³/mol. The van der Waals surface area contributed by atoms with E-state index in [0.29, 0.717) is 29.6 Å². The van der Waals surface area contributed by atoms with E-state index in [0.717, 1.165) is 29.9 Å². The number of carbonyl (C=O) groups is 1. The highest BCUT2D eigenvalue weighted by Gasteiger charge is 2.47. The van der Waals surface area contributed by atoms with Crippen LogP contribution in [0.15, 0.2) is 23.3 Å². The Morgan fingerprint density at radius 2 is 2.06 bits per heavy atom. The van der Waals surface area contributed by atoms with Crippen LogP contribution in [-0.2, 0) is 4.79 Å². The minimum absolute atomic E-state index is 0.268. The zero-order chi connectivity index (χ0) is 25.6. The van der Waals surface area contributed by atoms with Gasteiger partial charge in [0, 0.05) is 35.1 Å². The normalized spacial score (nSPS) is 18.2. The Hall–Kier alpha value is -2.71. The van der Waals surface area contributed by atoms with Crippen molar-refractivity contribution < 1.29 is 4.79 Å². The highest BCUT2D eigenvalue weighted by atomic mass is 32.1. The molecule has 0 aromatic carbocycles. The van der Waals surface area contributed by atoms with Gasteiger partial charge < -0.3 is 20.5 Å². The number of likely N-dealkylation sites (tertiary alicyclic amines) is 1. The first-order chi connectivity index (χ1) is 17.2. The summed E-state index contributed by atoms with van der Waals surface area (Å²) in [6.45, 7) is 8.96. The quantitative estimate of drug-likeness (QED) is 0.346. The molecule has 3 aromatic heterocycles. The van der Waals surface area contributed by atoms with Crippen LogP contribution in [0, 0.1) is 12.3 Å². The Morgan fingerprint density at radius 1 is 1.33 bits per heavy atom. The number of pyridine rings is 1. The van der Waals surface area contributed by atoms with E-state index in [4.69, 9.17) is 5.73 Å². The van der Waals surface area contributed by atoms with Crippen molar-refractivity contribution in [2.24, 2.45) is 16.1 Å². The van der Waals surface area contributed by atoms with Gasteiger partial charge in [-0.25, -0.2) is 9.98 Å². The molecule has 4 heterocycles. The van der Waals surface area contributed by atoms with E-state index in [9.17, 15) is 4.79 Å². The number of aryl methyl sites for hydroxylation is 1. The van der Waals surface area contributed by atoms with E-state index >= 15 is 0 Å². The number of nitrogens with two attached hydrogens (primary N) is 1. The molecule has 5 rings (SSSR count). The Balaban J connectivity index is 1.32. The lowest BCUT2D eigenvalue weighted by Gasteiger charge is -2.53. The molecule has 0 radical (unpaired) electrons. The molecule has 1 aliphatic heterocycles. The highest BCUT2D eigenvalue weighted by molar-refractivity contribution is 7.19. The van der Waals surface area contributed by atoms with Crippen LogP contribution in [0.1, 0.15) is 67.4 Å². The maximum Gasteiger partial charge on any atom is 0.236 e. The Bertz CT molecular complexity index is 1290. The molecule has 0 atom stereocenters. The number of hydrogen-bond acceptors (Lipinski definition) is 5. The third kappa shape index (κ3) is 4.57. The van der Waals surface area contributed by atoms with Gasteiger partial charge in [-0.3, -0.25) is 4.79 Å². The lowest BCUT2D eigenvalue weighted by Crippen LogP contribution is -2.60. The fraction of sp³-hybridized carbons (Fsp3) is 0.536. The lowest BCUT2D eigenvalue weighted by molar-refractivity contribution is -0.146. The number of fused-ring (bicyclic) bond motifs is 1. The van der Waals surface area contributed by atoms with Crippen molar-refractivity contribution >= 4 is 39.6 Å². The van der Waals surface area contributed by atoms with Gasteiger partial charge in [0.15, 0.2) is 5.82 Å². The molecule has 3 aromatic rings. The molecule has 1 aliphatic carbocycles. The fourth-order valence-corrected chi connectivity index (χ4v) is 7.53. The van der Waals surface area contributed by atoms with Crippen molar-refractivity contribution in [2.45, 2.75) is 58.3 Å². The van der Waals surface area contributed by atoms with Crippen molar-refractivity contribution in [3.05, 3.63) is 34.3 Å². The molecular formula is C28H38N6OS. The van der Waals surface area contributed by atoms with E-state index in [2.05, 4.69) is 45.8 Å². The number of likely N-dealkylation sites (N-methyl/N-ethyl adjacent to an activating group) is 1. The van der Waals surface area contributed by atoms with Crippen LogP contribution >= 0.6 is 11.3 Å². The third-order valence-corrected chi connectivity index (χ3v) is 9.27. The van der Waals surface area contributed by atoms with Gasteiger partial charge in [0.25, 0.3) is 0 Å². The second-order valence-corrected chi connectivity index (χ2v) is 12.4. The van der Waals surface area contributed by atoms with Crippen molar-refractivity contribution in [3.63, 3.8) is 0 Å². The summed E-state index contributed by atoms with van der Waals surface area (Å²) in [6, 6.07) is 4.53. The molecule has 1 amide bonds. The average Bonchev–Trinajstić information content (AvgIpc) is 3.36. The third-order valence-electron chi connectivity index (χ3n) is 7.94. The first-order valence-electron chi connectivity index (χ1n) is 13.0. The molecule has 8 heteroatoms. The van der Waals surface area contributed by atoms with E-state index in [1.54, 1.807) is 0 Å². The highest BCUT2D eigenvalue weighted by Crippen LogP contribution is 2.51. The smallest absolute Gasteiger partial charge is 0.236 e. The largest absolute Gasteiger partial charge is 0.390 e. The molecule has 192 valence electrons. The molecule has 1 saturated carbocycles. The van der Waals surface area contributed by atoms with Crippen LogP contribution in [0.3, 0.4) is 0 Å². The number of thiophene rings is 1. The second kappa shape index (κ2) is 9.63. The molecule has 2 fully saturated rings. The van der Waals surface area contributed by atoms with Gasteiger partial charge in [-0.1, -0.05) is 13.8 Å². The van der Waals surface area contributed by atoms with Gasteiger partial charge in [-0.2, -0.15) is 0 Å². The summed E-state index contributed by atoms with van der Waals surface area (Å²) in [5.74, 6) is 1.95. The molecule has 2 aliphatic rings. The van der Waals surface area contributed by atoms with Crippen molar-refractivity contribution in [2.75, 3.05) is 33.7 Å². The second-order valence-electron chi connectivity index (χ2n) is 11.4. The first-order valence-corrected chi connectivity index (χ1v) is 13.8. The maximum atomic E-state index is 12.4. The minimum atomic E-state index is 0.268. The van der Waals surface area contributed by atoms with Gasteiger partial charge >= 0.3 is 0 Å². The molecule has 1 saturated heterocycles. The van der Waals surface area contributed by atoms with Crippen LogP contribution in [0.25, 0.3) is 21.5 Å². The molecule has 36 heavy (non-hydrogen) atoms. The van der Waals surface area contributed by atoms with E-state index in [1.165, 1.54) is 52.7 Å². The summed E-state index contributed by atoms with van der Waals surface area (Å²) in [7, 11) is 3.92. The summed E-state index contributed by atoms with van der Waals surface area (Å²) in [4.78, 5) is 30.3. The Labute approximate surface area is 217 Å². The summed E-state index contributed by atoms with van der Waals surface area (Å²) < 4.78 is 1.38. The number of aromatic nitrogens is 2. The summed E-state index contributed by atoms with van der Waals surface area (Å²) in [5.41, 5.74) is 11.7. The van der Waals surface area contributed by atoms with Crippen molar-refractivity contribution in [1.29, 1.82) is 0 Å². The molecule has 7 nitrogen and oxygen atoms in total. The van der Waals surface area contributed by atoms with E-state index in [1.807, 2.05) is 43.5 Å². The topological polar surface area (TPSA) is 90.6 Å². The van der Waals surface area contributed by atoms with Crippen molar-refractivity contribution in [1.82, 2.24) is 19.8 Å². The van der Waals surface area contributed by atoms with Crippen molar-refractivity contribution in [3.8, 4) is 11.3 Å².